The van der Waals surface area contributed by atoms with Gasteiger partial charge in [-0.25, -0.2) is 9.38 Å². The maximum atomic E-state index is 13.4. The number of carbonyl (C=O) groups is 1. The third kappa shape index (κ3) is 2.75. The molecule has 0 radical (unpaired) electrons. The van der Waals surface area contributed by atoms with Crippen molar-refractivity contribution in [1.82, 2.24) is 0 Å². The van der Waals surface area contributed by atoms with E-state index in [-0.39, 0.29) is 22.9 Å². The van der Waals surface area contributed by atoms with Gasteiger partial charge in [-0.05, 0) is 17.5 Å². The fourth-order valence-corrected chi connectivity index (χ4v) is 2.82. The first kappa shape index (κ1) is 12.3. The molecule has 1 aliphatic heterocycles. The van der Waals surface area contributed by atoms with E-state index in [4.69, 9.17) is 0 Å². The standard InChI is InChI=1S/C13H14FNOS/c1-8(2)12-13(16)15-11(17-12)7-9-5-3-4-6-10(9)14/h3-6,8,12H,7H2,1-2H3. The summed E-state index contributed by atoms with van der Waals surface area (Å²) in [5.74, 6) is -0.0676. The molecule has 0 spiro atoms. The minimum absolute atomic E-state index is 0.0867. The molecule has 0 aromatic heterocycles. The highest BCUT2D eigenvalue weighted by atomic mass is 32.2. The first-order valence-corrected chi connectivity index (χ1v) is 6.47. The number of benzene rings is 1. The van der Waals surface area contributed by atoms with Crippen molar-refractivity contribution in [3.8, 4) is 0 Å². The van der Waals surface area contributed by atoms with Gasteiger partial charge >= 0.3 is 0 Å². The Kier molecular flexibility index (Phi) is 3.62. The molecule has 1 amide bonds. The fraction of sp³-hybridized carbons (Fsp3) is 0.385. The molecule has 0 aliphatic carbocycles. The highest BCUT2D eigenvalue weighted by molar-refractivity contribution is 8.15. The van der Waals surface area contributed by atoms with Crippen LogP contribution in [0.2, 0.25) is 0 Å². The van der Waals surface area contributed by atoms with Crippen LogP contribution in [0.5, 0.6) is 0 Å². The maximum Gasteiger partial charge on any atom is 0.260 e. The highest BCUT2D eigenvalue weighted by Gasteiger charge is 2.30. The summed E-state index contributed by atoms with van der Waals surface area (Å²) in [5.41, 5.74) is 0.593. The van der Waals surface area contributed by atoms with Gasteiger partial charge in [-0.1, -0.05) is 43.8 Å². The summed E-state index contributed by atoms with van der Waals surface area (Å²) in [6, 6.07) is 6.60. The van der Waals surface area contributed by atoms with Gasteiger partial charge in [0.2, 0.25) is 0 Å². The Bertz CT molecular complexity index is 470. The lowest BCUT2D eigenvalue weighted by molar-refractivity contribution is -0.117. The van der Waals surface area contributed by atoms with Gasteiger partial charge in [0.05, 0.1) is 10.3 Å². The first-order valence-electron chi connectivity index (χ1n) is 5.59. The molecule has 0 bridgehead atoms. The molecular formula is C13H14FNOS. The van der Waals surface area contributed by atoms with Crippen molar-refractivity contribution in [3.05, 3.63) is 35.6 Å². The van der Waals surface area contributed by atoms with Crippen LogP contribution < -0.4 is 0 Å². The molecule has 1 heterocycles. The third-order valence-corrected chi connectivity index (χ3v) is 4.15. The number of aliphatic imine (C=N–C) groups is 1. The van der Waals surface area contributed by atoms with Gasteiger partial charge in [0.1, 0.15) is 5.82 Å². The number of carbonyl (C=O) groups excluding carboxylic acids is 1. The normalized spacial score (nSPS) is 19.9. The van der Waals surface area contributed by atoms with Crippen molar-refractivity contribution in [2.45, 2.75) is 25.5 Å². The molecule has 1 unspecified atom stereocenters. The van der Waals surface area contributed by atoms with E-state index in [0.717, 1.165) is 5.04 Å². The summed E-state index contributed by atoms with van der Waals surface area (Å²) < 4.78 is 13.4. The molecule has 0 saturated heterocycles. The maximum absolute atomic E-state index is 13.4. The van der Waals surface area contributed by atoms with Gasteiger partial charge < -0.3 is 0 Å². The van der Waals surface area contributed by atoms with E-state index in [2.05, 4.69) is 4.99 Å². The number of hydrogen-bond donors (Lipinski definition) is 0. The smallest absolute Gasteiger partial charge is 0.260 e. The molecule has 0 fully saturated rings. The molecule has 2 nitrogen and oxygen atoms in total. The lowest BCUT2D eigenvalue weighted by atomic mass is 10.1. The predicted octanol–water partition coefficient (Wildman–Crippen LogP) is 3.06. The van der Waals surface area contributed by atoms with Crippen molar-refractivity contribution in [2.24, 2.45) is 10.9 Å². The van der Waals surface area contributed by atoms with Gasteiger partial charge in [-0.15, -0.1) is 0 Å². The van der Waals surface area contributed by atoms with Crippen LogP contribution in [0.25, 0.3) is 0 Å². The number of hydrogen-bond acceptors (Lipinski definition) is 2. The van der Waals surface area contributed by atoms with Crippen LogP contribution in [0.1, 0.15) is 19.4 Å². The predicted molar refractivity (Wildman–Crippen MR) is 68.8 cm³/mol. The molecular weight excluding hydrogens is 237 g/mol. The molecule has 0 N–H and O–H groups in total. The second-order valence-electron chi connectivity index (χ2n) is 4.39. The summed E-state index contributed by atoms with van der Waals surface area (Å²) in [7, 11) is 0. The van der Waals surface area contributed by atoms with Crippen molar-refractivity contribution >= 4 is 22.7 Å². The van der Waals surface area contributed by atoms with Gasteiger partial charge in [0.25, 0.3) is 5.91 Å². The van der Waals surface area contributed by atoms with E-state index in [0.29, 0.717) is 12.0 Å². The topological polar surface area (TPSA) is 29.4 Å². The first-order chi connectivity index (χ1) is 8.08. The lowest BCUT2D eigenvalue weighted by Crippen LogP contribution is -2.17. The second kappa shape index (κ2) is 5.00. The minimum atomic E-state index is -0.240. The van der Waals surface area contributed by atoms with E-state index in [1.807, 2.05) is 13.8 Å². The van der Waals surface area contributed by atoms with Crippen molar-refractivity contribution in [2.75, 3.05) is 0 Å². The molecule has 1 atom stereocenters. The van der Waals surface area contributed by atoms with Crippen LogP contribution in [0.15, 0.2) is 29.3 Å². The molecule has 90 valence electrons. The summed E-state index contributed by atoms with van der Waals surface area (Å²) in [4.78, 5) is 15.6. The molecule has 1 aromatic carbocycles. The Morgan fingerprint density at radius 2 is 2.12 bits per heavy atom. The Labute approximate surface area is 104 Å². The van der Waals surface area contributed by atoms with E-state index < -0.39 is 0 Å². The van der Waals surface area contributed by atoms with E-state index in [1.54, 1.807) is 18.2 Å². The zero-order valence-electron chi connectivity index (χ0n) is 9.81. The average Bonchev–Trinajstić information content (AvgIpc) is 2.63. The molecule has 4 heteroatoms. The molecule has 1 aromatic rings. The third-order valence-electron chi connectivity index (χ3n) is 2.65. The Morgan fingerprint density at radius 1 is 1.41 bits per heavy atom. The van der Waals surface area contributed by atoms with E-state index in [9.17, 15) is 9.18 Å². The number of rotatable bonds is 3. The largest absolute Gasteiger partial charge is 0.271 e. The van der Waals surface area contributed by atoms with Crippen LogP contribution in [-0.2, 0) is 11.2 Å². The van der Waals surface area contributed by atoms with Crippen LogP contribution in [0.3, 0.4) is 0 Å². The van der Waals surface area contributed by atoms with Gasteiger partial charge in [0, 0.05) is 6.42 Å². The summed E-state index contributed by atoms with van der Waals surface area (Å²) in [5, 5.41) is 0.621. The number of amides is 1. The Morgan fingerprint density at radius 3 is 2.71 bits per heavy atom. The Hall–Kier alpha value is -1.16. The quantitative estimate of drug-likeness (QED) is 0.826. The summed E-state index contributed by atoms with van der Waals surface area (Å²) >= 11 is 1.46. The zero-order chi connectivity index (χ0) is 12.4. The highest BCUT2D eigenvalue weighted by Crippen LogP contribution is 2.30. The molecule has 1 aliphatic rings. The zero-order valence-corrected chi connectivity index (χ0v) is 10.6. The number of nitrogens with zero attached hydrogens (tertiary/aromatic N) is 1. The second-order valence-corrected chi connectivity index (χ2v) is 5.61. The summed E-state index contributed by atoms with van der Waals surface area (Å²) in [6.07, 6.45) is 0.409. The molecule has 17 heavy (non-hydrogen) atoms. The van der Waals surface area contributed by atoms with Gasteiger partial charge in [0.15, 0.2) is 0 Å². The SMILES string of the molecule is CC(C)C1SC(Cc2ccccc2F)=NC1=O. The number of thioether (sulfide) groups is 1. The van der Waals surface area contributed by atoms with Crippen molar-refractivity contribution in [1.29, 1.82) is 0 Å². The van der Waals surface area contributed by atoms with E-state index >= 15 is 0 Å². The monoisotopic (exact) mass is 251 g/mol. The fourth-order valence-electron chi connectivity index (χ4n) is 1.72. The Balaban J connectivity index is 2.10. The van der Waals surface area contributed by atoms with Crippen LogP contribution in [0.4, 0.5) is 4.39 Å². The lowest BCUT2D eigenvalue weighted by Gasteiger charge is -2.10. The van der Waals surface area contributed by atoms with Crippen molar-refractivity contribution in [3.63, 3.8) is 0 Å². The van der Waals surface area contributed by atoms with E-state index in [1.165, 1.54) is 17.8 Å². The number of halogens is 1. The molecule has 2 rings (SSSR count). The van der Waals surface area contributed by atoms with Crippen LogP contribution in [0, 0.1) is 11.7 Å². The van der Waals surface area contributed by atoms with Crippen molar-refractivity contribution < 1.29 is 9.18 Å². The minimum Gasteiger partial charge on any atom is -0.271 e. The van der Waals surface area contributed by atoms with Crippen LogP contribution >= 0.6 is 11.8 Å². The summed E-state index contributed by atoms with van der Waals surface area (Å²) in [6.45, 7) is 3.99. The molecule has 0 saturated carbocycles. The van der Waals surface area contributed by atoms with Crippen LogP contribution in [-0.4, -0.2) is 16.2 Å². The average molecular weight is 251 g/mol. The van der Waals surface area contributed by atoms with Gasteiger partial charge in [-0.3, -0.25) is 4.79 Å². The van der Waals surface area contributed by atoms with Gasteiger partial charge in [-0.2, -0.15) is 0 Å².